The number of carbonyl (C=O) groups excluding carboxylic acids is 2. The minimum atomic E-state index is -4.62. The molecule has 2 aliphatic rings. The van der Waals surface area contributed by atoms with Gasteiger partial charge in [0.25, 0.3) is 5.91 Å². The van der Waals surface area contributed by atoms with Crippen molar-refractivity contribution < 1.29 is 32.2 Å². The molecule has 0 aliphatic heterocycles. The smallest absolute Gasteiger partial charge is 0.418 e. The van der Waals surface area contributed by atoms with Gasteiger partial charge >= 0.3 is 12.3 Å². The standard InChI is InChI=1S/C20H22F3N3O4S/c1-9-14(20(21,22)23)16-15(13(8-31-16)17(27)24-2)26-18(9)30-12-5-11(6-12)25-19(28)29-7-10-3-4-10/h8,10-12H,3-7H2,1-2H3,(H,24,27)(H,25,28)/t11-,12+. The number of nitrogens with zero attached hydrogens (tertiary/aromatic N) is 1. The van der Waals surface area contributed by atoms with Crippen molar-refractivity contribution >= 4 is 33.6 Å². The number of amides is 2. The molecule has 7 nitrogen and oxygen atoms in total. The van der Waals surface area contributed by atoms with Crippen molar-refractivity contribution in [2.45, 2.75) is 50.9 Å². The minimum Gasteiger partial charge on any atom is -0.474 e. The van der Waals surface area contributed by atoms with Gasteiger partial charge in [-0.2, -0.15) is 13.2 Å². The summed E-state index contributed by atoms with van der Waals surface area (Å²) >= 11 is 0.831. The number of aromatic nitrogens is 1. The third-order valence-corrected chi connectivity index (χ3v) is 6.49. The van der Waals surface area contributed by atoms with E-state index in [1.165, 1.54) is 19.4 Å². The molecule has 2 saturated carbocycles. The first-order valence-electron chi connectivity index (χ1n) is 9.98. The number of alkyl carbamates (subject to hydrolysis) is 1. The van der Waals surface area contributed by atoms with Crippen LogP contribution in [0, 0.1) is 12.8 Å². The second-order valence-electron chi connectivity index (χ2n) is 7.92. The van der Waals surface area contributed by atoms with Gasteiger partial charge in [0.1, 0.15) is 6.10 Å². The Morgan fingerprint density at radius 2 is 2.00 bits per heavy atom. The average molecular weight is 457 g/mol. The number of alkyl halides is 3. The minimum absolute atomic E-state index is 0.0325. The molecule has 2 N–H and O–H groups in total. The highest BCUT2D eigenvalue weighted by molar-refractivity contribution is 7.17. The predicted molar refractivity (Wildman–Crippen MR) is 107 cm³/mol. The molecule has 31 heavy (non-hydrogen) atoms. The summed E-state index contributed by atoms with van der Waals surface area (Å²) in [6, 6.07) is -0.162. The fraction of sp³-hybridized carbons (Fsp3) is 0.550. The molecular formula is C20H22F3N3O4S. The summed E-state index contributed by atoms with van der Waals surface area (Å²) in [6.45, 7) is 1.73. The van der Waals surface area contributed by atoms with Gasteiger partial charge in [-0.1, -0.05) is 0 Å². The zero-order valence-corrected chi connectivity index (χ0v) is 17.8. The molecular weight excluding hydrogens is 435 g/mol. The van der Waals surface area contributed by atoms with Gasteiger partial charge < -0.3 is 20.1 Å². The monoisotopic (exact) mass is 457 g/mol. The van der Waals surface area contributed by atoms with E-state index in [9.17, 15) is 22.8 Å². The van der Waals surface area contributed by atoms with Gasteiger partial charge in [0, 0.05) is 36.9 Å². The quantitative estimate of drug-likeness (QED) is 0.684. The van der Waals surface area contributed by atoms with Crippen LogP contribution in [0.25, 0.3) is 10.2 Å². The zero-order chi connectivity index (χ0) is 22.3. The lowest BCUT2D eigenvalue weighted by Crippen LogP contribution is -2.49. The number of nitrogens with one attached hydrogen (secondary N) is 2. The maximum absolute atomic E-state index is 13.8. The maximum atomic E-state index is 13.8. The van der Waals surface area contributed by atoms with Crippen LogP contribution in [0.4, 0.5) is 18.0 Å². The number of halogens is 3. The van der Waals surface area contributed by atoms with Crippen LogP contribution in [0.15, 0.2) is 5.38 Å². The fourth-order valence-electron chi connectivity index (χ4n) is 3.48. The average Bonchev–Trinajstić information content (AvgIpc) is 3.42. The number of pyridine rings is 1. The van der Waals surface area contributed by atoms with Crippen LogP contribution in [0.5, 0.6) is 5.88 Å². The summed E-state index contributed by atoms with van der Waals surface area (Å²) in [6.07, 6.45) is -2.47. The molecule has 168 valence electrons. The molecule has 0 bridgehead atoms. The molecule has 2 amide bonds. The van der Waals surface area contributed by atoms with E-state index in [0.29, 0.717) is 25.4 Å². The highest BCUT2D eigenvalue weighted by atomic mass is 32.1. The molecule has 0 spiro atoms. The number of hydrogen-bond donors (Lipinski definition) is 2. The van der Waals surface area contributed by atoms with Crippen molar-refractivity contribution in [2.75, 3.05) is 13.7 Å². The van der Waals surface area contributed by atoms with Crippen LogP contribution >= 0.6 is 11.3 Å². The number of ether oxygens (including phenoxy) is 2. The van der Waals surface area contributed by atoms with E-state index in [1.807, 2.05) is 0 Å². The van der Waals surface area contributed by atoms with Crippen LogP contribution in [0.1, 0.15) is 47.2 Å². The normalized spacial score (nSPS) is 20.8. The van der Waals surface area contributed by atoms with Gasteiger partial charge in [-0.3, -0.25) is 4.79 Å². The van der Waals surface area contributed by atoms with Gasteiger partial charge in [-0.05, 0) is 25.7 Å². The van der Waals surface area contributed by atoms with Crippen LogP contribution in [0.2, 0.25) is 0 Å². The molecule has 4 rings (SSSR count). The molecule has 2 aromatic heterocycles. The van der Waals surface area contributed by atoms with Crippen molar-refractivity contribution in [1.29, 1.82) is 0 Å². The molecule has 0 aromatic carbocycles. The van der Waals surface area contributed by atoms with E-state index < -0.39 is 23.7 Å². The van der Waals surface area contributed by atoms with Crippen molar-refractivity contribution in [3.63, 3.8) is 0 Å². The second-order valence-corrected chi connectivity index (χ2v) is 8.79. The first kappa shape index (κ1) is 21.7. The number of carbonyl (C=O) groups is 2. The van der Waals surface area contributed by atoms with Gasteiger partial charge in [0.2, 0.25) is 5.88 Å². The highest BCUT2D eigenvalue weighted by Crippen LogP contribution is 2.43. The topological polar surface area (TPSA) is 89.6 Å². The summed E-state index contributed by atoms with van der Waals surface area (Å²) in [5.74, 6) is -0.200. The molecule has 2 aromatic rings. The lowest BCUT2D eigenvalue weighted by Gasteiger charge is -2.35. The molecule has 0 saturated heterocycles. The van der Waals surface area contributed by atoms with Crippen LogP contribution < -0.4 is 15.4 Å². The summed E-state index contributed by atoms with van der Waals surface area (Å²) in [7, 11) is 1.40. The van der Waals surface area contributed by atoms with E-state index in [1.54, 1.807) is 0 Å². The third-order valence-electron chi connectivity index (χ3n) is 5.50. The Hall–Kier alpha value is -2.56. The lowest BCUT2D eigenvalue weighted by molar-refractivity contribution is -0.136. The van der Waals surface area contributed by atoms with Crippen molar-refractivity contribution in [3.8, 4) is 5.88 Å². The summed E-state index contributed by atoms with van der Waals surface area (Å²) in [5, 5.41) is 6.51. The Kier molecular flexibility index (Phi) is 5.71. The molecule has 2 fully saturated rings. The van der Waals surface area contributed by atoms with Gasteiger partial charge in [-0.25, -0.2) is 9.78 Å². The van der Waals surface area contributed by atoms with Crippen LogP contribution in [-0.2, 0) is 10.9 Å². The molecule has 11 heteroatoms. The Bertz CT molecular complexity index is 1010. The van der Waals surface area contributed by atoms with Crippen molar-refractivity contribution in [1.82, 2.24) is 15.6 Å². The van der Waals surface area contributed by atoms with Crippen LogP contribution in [0.3, 0.4) is 0 Å². The highest BCUT2D eigenvalue weighted by Gasteiger charge is 2.39. The molecule has 0 atom stereocenters. The molecule has 0 radical (unpaired) electrons. The summed E-state index contributed by atoms with van der Waals surface area (Å²) < 4.78 is 52.1. The number of thiophene rings is 1. The zero-order valence-electron chi connectivity index (χ0n) is 17.0. The van der Waals surface area contributed by atoms with Crippen molar-refractivity contribution in [3.05, 3.63) is 22.1 Å². The number of hydrogen-bond acceptors (Lipinski definition) is 6. The Labute approximate surface area is 180 Å². The largest absolute Gasteiger partial charge is 0.474 e. The molecule has 2 aliphatic carbocycles. The first-order valence-corrected chi connectivity index (χ1v) is 10.9. The fourth-order valence-corrected chi connectivity index (χ4v) is 4.59. The maximum Gasteiger partial charge on any atom is 0.418 e. The number of fused-ring (bicyclic) bond motifs is 1. The number of rotatable bonds is 6. The third kappa shape index (κ3) is 4.56. The Morgan fingerprint density at radius 1 is 1.29 bits per heavy atom. The van der Waals surface area contributed by atoms with Gasteiger partial charge in [0.05, 0.1) is 28.0 Å². The lowest BCUT2D eigenvalue weighted by atomic mass is 9.89. The van der Waals surface area contributed by atoms with E-state index >= 15 is 0 Å². The molecule has 2 heterocycles. The SMILES string of the molecule is CNC(=O)c1csc2c(C(F)(F)F)c(C)c(O[C@H]3C[C@@H](NC(=O)OCC4CC4)C3)nc12. The van der Waals surface area contributed by atoms with E-state index in [0.717, 1.165) is 24.2 Å². The Morgan fingerprint density at radius 3 is 2.61 bits per heavy atom. The van der Waals surface area contributed by atoms with Crippen LogP contribution in [-0.4, -0.2) is 42.8 Å². The molecule has 0 unspecified atom stereocenters. The first-order chi connectivity index (χ1) is 14.7. The Balaban J connectivity index is 1.49. The second kappa shape index (κ2) is 8.18. The van der Waals surface area contributed by atoms with E-state index in [2.05, 4.69) is 15.6 Å². The van der Waals surface area contributed by atoms with Gasteiger partial charge in [0.15, 0.2) is 0 Å². The van der Waals surface area contributed by atoms with E-state index in [4.69, 9.17) is 9.47 Å². The van der Waals surface area contributed by atoms with Crippen molar-refractivity contribution in [2.24, 2.45) is 5.92 Å². The van der Waals surface area contributed by atoms with E-state index in [-0.39, 0.29) is 39.4 Å². The predicted octanol–water partition coefficient (Wildman–Crippen LogP) is 4.03. The summed E-state index contributed by atoms with van der Waals surface area (Å²) in [4.78, 5) is 28.1. The summed E-state index contributed by atoms with van der Waals surface area (Å²) in [5.41, 5.74) is -0.921. The van der Waals surface area contributed by atoms with Gasteiger partial charge in [-0.15, -0.1) is 11.3 Å².